The lowest BCUT2D eigenvalue weighted by Crippen LogP contribution is -2.12. The Morgan fingerprint density at radius 3 is 1.86 bits per heavy atom. The van der Waals surface area contributed by atoms with Crippen LogP contribution in [0.2, 0.25) is 5.02 Å². The van der Waals surface area contributed by atoms with Gasteiger partial charge in [-0.2, -0.15) is 0 Å². The average molecular weight is 299 g/mol. The molecule has 0 radical (unpaired) electrons. The maximum Gasteiger partial charge on any atom is 0.0406 e. The number of hydrogen-bond donors (Lipinski definition) is 0. The van der Waals surface area contributed by atoms with E-state index in [4.69, 9.17) is 11.6 Å². The number of halogens is 1. The molecule has 2 aromatic rings. The van der Waals surface area contributed by atoms with E-state index in [0.717, 1.165) is 16.9 Å². The van der Waals surface area contributed by atoms with E-state index in [0.29, 0.717) is 0 Å². The minimum Gasteiger partial charge on any atom is -0.0843 e. The second-order valence-corrected chi connectivity index (χ2v) is 6.69. The van der Waals surface area contributed by atoms with Crippen LogP contribution >= 0.6 is 11.6 Å². The third-order valence-electron chi connectivity index (χ3n) is 4.98. The van der Waals surface area contributed by atoms with Crippen molar-refractivity contribution in [2.24, 2.45) is 5.92 Å². The molecule has 1 fully saturated rings. The van der Waals surface area contributed by atoms with Gasteiger partial charge in [-0.25, -0.2) is 0 Å². The zero-order valence-electron chi connectivity index (χ0n) is 12.7. The Morgan fingerprint density at radius 1 is 0.810 bits per heavy atom. The predicted octanol–water partition coefficient (Wildman–Crippen LogP) is 6.69. The first-order valence-electron chi connectivity index (χ1n) is 8.12. The van der Waals surface area contributed by atoms with Crippen LogP contribution < -0.4 is 0 Å². The fraction of sp³-hybridized carbons (Fsp3) is 0.400. The molecule has 3 rings (SSSR count). The third kappa shape index (κ3) is 3.49. The van der Waals surface area contributed by atoms with Crippen LogP contribution in [0.3, 0.4) is 0 Å². The molecule has 1 aliphatic carbocycles. The van der Waals surface area contributed by atoms with Crippen molar-refractivity contribution < 1.29 is 0 Å². The molecule has 1 aliphatic rings. The third-order valence-corrected chi connectivity index (χ3v) is 5.24. The molecule has 110 valence electrons. The fourth-order valence-corrected chi connectivity index (χ4v) is 3.62. The number of hydrogen-bond acceptors (Lipinski definition) is 0. The molecular weight excluding hydrogens is 276 g/mol. The highest BCUT2D eigenvalue weighted by Crippen LogP contribution is 2.37. The Bertz CT molecular complexity index is 560. The summed E-state index contributed by atoms with van der Waals surface area (Å²) in [4.78, 5) is 0. The predicted molar refractivity (Wildman–Crippen MR) is 91.9 cm³/mol. The van der Waals surface area contributed by atoms with Gasteiger partial charge in [-0.1, -0.05) is 61.3 Å². The molecule has 21 heavy (non-hydrogen) atoms. The normalized spacial score (nSPS) is 22.2. The summed E-state index contributed by atoms with van der Waals surface area (Å²) in [5.74, 6) is 1.74. The number of rotatable bonds is 3. The summed E-state index contributed by atoms with van der Waals surface area (Å²) in [6.07, 6.45) is 6.88. The van der Waals surface area contributed by atoms with Crippen LogP contribution in [0.25, 0.3) is 11.1 Å². The van der Waals surface area contributed by atoms with E-state index >= 15 is 0 Å². The Balaban J connectivity index is 1.71. The second kappa shape index (κ2) is 6.66. The maximum absolute atomic E-state index is 5.95. The van der Waals surface area contributed by atoms with Gasteiger partial charge in [-0.05, 0) is 66.3 Å². The Kier molecular flexibility index (Phi) is 4.65. The zero-order valence-corrected chi connectivity index (χ0v) is 13.4. The van der Waals surface area contributed by atoms with E-state index < -0.39 is 0 Å². The van der Waals surface area contributed by atoms with Crippen molar-refractivity contribution in [3.05, 3.63) is 59.1 Å². The summed E-state index contributed by atoms with van der Waals surface area (Å²) in [6.45, 7) is 2.33. The number of benzene rings is 2. The van der Waals surface area contributed by atoms with E-state index in [1.165, 1.54) is 48.8 Å². The van der Waals surface area contributed by atoms with Crippen molar-refractivity contribution in [1.29, 1.82) is 0 Å². The lowest BCUT2D eigenvalue weighted by atomic mass is 9.77. The van der Waals surface area contributed by atoms with Gasteiger partial charge >= 0.3 is 0 Å². The van der Waals surface area contributed by atoms with Crippen molar-refractivity contribution in [1.82, 2.24) is 0 Å². The molecule has 1 saturated carbocycles. The van der Waals surface area contributed by atoms with Crippen molar-refractivity contribution >= 4 is 11.6 Å². The summed E-state index contributed by atoms with van der Waals surface area (Å²) in [6, 6.07) is 17.2. The largest absolute Gasteiger partial charge is 0.0843 e. The van der Waals surface area contributed by atoms with E-state index in [1.54, 1.807) is 0 Å². The molecule has 0 bridgehead atoms. The van der Waals surface area contributed by atoms with Gasteiger partial charge in [0.05, 0.1) is 0 Å². The standard InChI is InChI=1S/C20H23Cl/c1-2-15-3-5-16(6-4-15)17-7-9-18(10-8-17)19-11-13-20(21)14-12-19/h7-16H,2-6H2,1H3. The van der Waals surface area contributed by atoms with E-state index in [9.17, 15) is 0 Å². The molecule has 2 aromatic carbocycles. The van der Waals surface area contributed by atoms with Crippen LogP contribution in [0.15, 0.2) is 48.5 Å². The van der Waals surface area contributed by atoms with Gasteiger partial charge in [0.2, 0.25) is 0 Å². The Labute approximate surface area is 133 Å². The second-order valence-electron chi connectivity index (χ2n) is 6.25. The van der Waals surface area contributed by atoms with Gasteiger partial charge in [0, 0.05) is 5.02 Å². The molecule has 0 nitrogen and oxygen atoms in total. The summed E-state index contributed by atoms with van der Waals surface area (Å²) in [5, 5.41) is 0.794. The van der Waals surface area contributed by atoms with Gasteiger partial charge in [0.15, 0.2) is 0 Å². The Morgan fingerprint density at radius 2 is 1.33 bits per heavy atom. The van der Waals surface area contributed by atoms with Crippen LogP contribution in [-0.4, -0.2) is 0 Å². The monoisotopic (exact) mass is 298 g/mol. The van der Waals surface area contributed by atoms with E-state index in [1.807, 2.05) is 12.1 Å². The SMILES string of the molecule is CCC1CCC(c2ccc(-c3ccc(Cl)cc3)cc2)CC1. The molecule has 0 atom stereocenters. The summed E-state index contributed by atoms with van der Waals surface area (Å²) >= 11 is 5.95. The van der Waals surface area contributed by atoms with Crippen molar-refractivity contribution in [3.63, 3.8) is 0 Å². The Hall–Kier alpha value is -1.27. The van der Waals surface area contributed by atoms with Crippen LogP contribution in [0.4, 0.5) is 0 Å². The smallest absolute Gasteiger partial charge is 0.0406 e. The average Bonchev–Trinajstić information content (AvgIpc) is 2.56. The minimum atomic E-state index is 0.770. The highest BCUT2D eigenvalue weighted by atomic mass is 35.5. The van der Waals surface area contributed by atoms with Gasteiger partial charge in [0.1, 0.15) is 0 Å². The van der Waals surface area contributed by atoms with E-state index in [-0.39, 0.29) is 0 Å². The molecule has 0 N–H and O–H groups in total. The minimum absolute atomic E-state index is 0.770. The molecule has 1 heteroatoms. The van der Waals surface area contributed by atoms with Gasteiger partial charge in [-0.15, -0.1) is 0 Å². The highest BCUT2D eigenvalue weighted by Gasteiger charge is 2.21. The van der Waals surface area contributed by atoms with Crippen molar-refractivity contribution in [2.75, 3.05) is 0 Å². The maximum atomic E-state index is 5.95. The van der Waals surface area contributed by atoms with Crippen LogP contribution in [0.5, 0.6) is 0 Å². The summed E-state index contributed by atoms with van der Waals surface area (Å²) in [5.41, 5.74) is 4.03. The van der Waals surface area contributed by atoms with Crippen LogP contribution in [0.1, 0.15) is 50.5 Å². The van der Waals surface area contributed by atoms with Gasteiger partial charge < -0.3 is 0 Å². The molecular formula is C20H23Cl. The van der Waals surface area contributed by atoms with Gasteiger partial charge in [0.25, 0.3) is 0 Å². The first kappa shape index (κ1) is 14.7. The summed E-state index contributed by atoms with van der Waals surface area (Å²) in [7, 11) is 0. The van der Waals surface area contributed by atoms with Crippen LogP contribution in [-0.2, 0) is 0 Å². The first-order chi connectivity index (χ1) is 10.3. The molecule has 0 saturated heterocycles. The topological polar surface area (TPSA) is 0 Å². The summed E-state index contributed by atoms with van der Waals surface area (Å²) < 4.78 is 0. The molecule has 0 spiro atoms. The van der Waals surface area contributed by atoms with Gasteiger partial charge in [-0.3, -0.25) is 0 Å². The van der Waals surface area contributed by atoms with E-state index in [2.05, 4.69) is 43.3 Å². The molecule has 0 amide bonds. The van der Waals surface area contributed by atoms with Crippen molar-refractivity contribution in [3.8, 4) is 11.1 Å². The molecule has 0 heterocycles. The first-order valence-corrected chi connectivity index (χ1v) is 8.50. The highest BCUT2D eigenvalue weighted by molar-refractivity contribution is 6.30. The van der Waals surface area contributed by atoms with Crippen molar-refractivity contribution in [2.45, 2.75) is 44.9 Å². The lowest BCUT2D eigenvalue weighted by Gasteiger charge is -2.28. The quantitative estimate of drug-likeness (QED) is 0.592. The fourth-order valence-electron chi connectivity index (χ4n) is 3.49. The lowest BCUT2D eigenvalue weighted by molar-refractivity contribution is 0.319. The zero-order chi connectivity index (χ0) is 14.7. The molecule has 0 aromatic heterocycles. The van der Waals surface area contributed by atoms with Crippen LogP contribution in [0, 0.1) is 5.92 Å². The molecule has 0 unspecified atom stereocenters. The molecule has 0 aliphatic heterocycles.